The van der Waals surface area contributed by atoms with Gasteiger partial charge in [0.2, 0.25) is 23.6 Å². The number of carbonyl (C=O) groups is 5. The van der Waals surface area contributed by atoms with Crippen LogP contribution in [0.1, 0.15) is 72.6 Å². The van der Waals surface area contributed by atoms with E-state index in [0.29, 0.717) is 32.2 Å². The number of carboxylic acid groups (broad SMARTS) is 1. The first-order valence-corrected chi connectivity index (χ1v) is 12.2. The number of amides is 4. The molecule has 0 heterocycles. The van der Waals surface area contributed by atoms with Crippen molar-refractivity contribution in [1.82, 2.24) is 16.0 Å². The number of nitrogens with two attached hydrogens (primary N) is 3. The first kappa shape index (κ1) is 32.3. The summed E-state index contributed by atoms with van der Waals surface area (Å²) in [7, 11) is 0. The number of unbranched alkanes of at least 4 members (excludes halogenated alkanes) is 1. The van der Waals surface area contributed by atoms with Crippen molar-refractivity contribution in [2.24, 2.45) is 29.0 Å². The van der Waals surface area contributed by atoms with E-state index in [-0.39, 0.29) is 31.1 Å². The molecule has 0 aliphatic carbocycles. The third-order valence-electron chi connectivity index (χ3n) is 5.73. The van der Waals surface area contributed by atoms with E-state index < -0.39 is 53.8 Å². The molecule has 0 saturated carbocycles. The molecule has 0 bridgehead atoms. The van der Waals surface area contributed by atoms with E-state index in [9.17, 15) is 29.1 Å². The molecule has 0 radical (unpaired) electrons. The fourth-order valence-electron chi connectivity index (χ4n) is 3.42. The van der Waals surface area contributed by atoms with Crippen LogP contribution in [0.3, 0.4) is 0 Å². The lowest BCUT2D eigenvalue weighted by Crippen LogP contribution is -2.58. The minimum atomic E-state index is -1.22. The molecule has 0 fully saturated rings. The Labute approximate surface area is 207 Å². The largest absolute Gasteiger partial charge is 0.480 e. The topological polar surface area (TPSA) is 220 Å². The molecule has 0 rings (SSSR count). The molecule has 5 atom stereocenters. The molecular weight excluding hydrogens is 456 g/mol. The molecule has 0 spiro atoms. The number of hydrogen-bond donors (Lipinski definition) is 7. The van der Waals surface area contributed by atoms with Crippen molar-refractivity contribution in [2.75, 3.05) is 6.54 Å². The molecule has 5 unspecified atom stereocenters. The molecule has 12 heteroatoms. The van der Waals surface area contributed by atoms with Gasteiger partial charge in [-0.3, -0.25) is 19.2 Å². The van der Waals surface area contributed by atoms with Crippen molar-refractivity contribution in [3.8, 4) is 0 Å². The summed E-state index contributed by atoms with van der Waals surface area (Å²) in [6.45, 7) is 7.86. The summed E-state index contributed by atoms with van der Waals surface area (Å²) in [4.78, 5) is 61.4. The van der Waals surface area contributed by atoms with Crippen LogP contribution >= 0.6 is 0 Å². The van der Waals surface area contributed by atoms with Crippen LogP contribution in [0.25, 0.3) is 0 Å². The zero-order valence-corrected chi connectivity index (χ0v) is 21.3. The number of carboxylic acids is 1. The first-order valence-electron chi connectivity index (χ1n) is 12.2. The van der Waals surface area contributed by atoms with Gasteiger partial charge in [-0.1, -0.05) is 34.1 Å². The molecule has 0 aromatic carbocycles. The SMILES string of the molecule is CCC(C)C(NC(=O)C(N)CC(C)C)C(=O)NC(CCC(N)=O)C(=O)NC(CCCCN)C(=O)O. The number of aliphatic carboxylic acids is 1. The van der Waals surface area contributed by atoms with Gasteiger partial charge < -0.3 is 38.3 Å². The van der Waals surface area contributed by atoms with Crippen LogP contribution in [0.5, 0.6) is 0 Å². The molecule has 0 aliphatic rings. The molecule has 0 saturated heterocycles. The molecule has 202 valence electrons. The van der Waals surface area contributed by atoms with Gasteiger partial charge in [-0.15, -0.1) is 0 Å². The van der Waals surface area contributed by atoms with E-state index in [2.05, 4.69) is 16.0 Å². The third-order valence-corrected chi connectivity index (χ3v) is 5.73. The van der Waals surface area contributed by atoms with Crippen molar-refractivity contribution >= 4 is 29.6 Å². The quantitative estimate of drug-likeness (QED) is 0.119. The highest BCUT2D eigenvalue weighted by Crippen LogP contribution is 2.11. The van der Waals surface area contributed by atoms with Crippen molar-refractivity contribution in [3.63, 3.8) is 0 Å². The summed E-state index contributed by atoms with van der Waals surface area (Å²) in [5.74, 6) is -3.88. The summed E-state index contributed by atoms with van der Waals surface area (Å²) < 4.78 is 0. The Balaban J connectivity index is 5.57. The second-order valence-corrected chi connectivity index (χ2v) is 9.36. The van der Waals surface area contributed by atoms with Crippen molar-refractivity contribution < 1.29 is 29.1 Å². The van der Waals surface area contributed by atoms with Gasteiger partial charge in [0.1, 0.15) is 18.1 Å². The molecule has 12 nitrogen and oxygen atoms in total. The van der Waals surface area contributed by atoms with Crippen LogP contribution in [-0.2, 0) is 24.0 Å². The maximum atomic E-state index is 13.1. The van der Waals surface area contributed by atoms with Gasteiger partial charge in [-0.2, -0.15) is 0 Å². The summed E-state index contributed by atoms with van der Waals surface area (Å²) in [5, 5.41) is 17.1. The lowest BCUT2D eigenvalue weighted by atomic mass is 9.96. The van der Waals surface area contributed by atoms with Gasteiger partial charge in [-0.25, -0.2) is 4.79 Å². The van der Waals surface area contributed by atoms with Gasteiger partial charge >= 0.3 is 5.97 Å². The summed E-state index contributed by atoms with van der Waals surface area (Å²) in [5.41, 5.74) is 16.6. The standard InChI is InChI=1S/C23H44N6O6/c1-5-14(4)19(29-20(31)15(25)12-13(2)3)22(33)27-16(9-10-18(26)30)21(32)28-17(23(34)35)8-6-7-11-24/h13-17,19H,5-12,24-25H2,1-4H3,(H2,26,30)(H,27,33)(H,28,32)(H,29,31)(H,34,35). The first-order chi connectivity index (χ1) is 16.3. The molecule has 0 aromatic heterocycles. The Bertz CT molecular complexity index is 717. The zero-order valence-electron chi connectivity index (χ0n) is 21.3. The lowest BCUT2D eigenvalue weighted by Gasteiger charge is -2.28. The Kier molecular flexibility index (Phi) is 15.5. The van der Waals surface area contributed by atoms with Crippen LogP contribution < -0.4 is 33.2 Å². The van der Waals surface area contributed by atoms with E-state index in [1.165, 1.54) is 0 Å². The van der Waals surface area contributed by atoms with E-state index in [1.54, 1.807) is 6.92 Å². The molecule has 35 heavy (non-hydrogen) atoms. The maximum absolute atomic E-state index is 13.1. The Morgan fingerprint density at radius 3 is 1.94 bits per heavy atom. The molecule has 4 amide bonds. The highest BCUT2D eigenvalue weighted by Gasteiger charge is 2.32. The minimum absolute atomic E-state index is 0.129. The smallest absolute Gasteiger partial charge is 0.326 e. The van der Waals surface area contributed by atoms with Gasteiger partial charge in [0.15, 0.2) is 0 Å². The van der Waals surface area contributed by atoms with Crippen molar-refractivity contribution in [2.45, 2.75) is 96.8 Å². The molecular formula is C23H44N6O6. The van der Waals surface area contributed by atoms with E-state index >= 15 is 0 Å². The summed E-state index contributed by atoms with van der Waals surface area (Å²) >= 11 is 0. The molecule has 0 aliphatic heterocycles. The predicted octanol–water partition coefficient (Wildman–Crippen LogP) is -0.661. The van der Waals surface area contributed by atoms with Crippen LogP contribution in [0.15, 0.2) is 0 Å². The van der Waals surface area contributed by atoms with Gasteiger partial charge in [0.05, 0.1) is 6.04 Å². The van der Waals surface area contributed by atoms with Crippen LogP contribution in [-0.4, -0.2) is 65.4 Å². The number of rotatable bonds is 18. The van der Waals surface area contributed by atoms with E-state index in [0.717, 1.165) is 0 Å². The van der Waals surface area contributed by atoms with Crippen molar-refractivity contribution in [1.29, 1.82) is 0 Å². The van der Waals surface area contributed by atoms with Crippen LogP contribution in [0.2, 0.25) is 0 Å². The second-order valence-electron chi connectivity index (χ2n) is 9.36. The van der Waals surface area contributed by atoms with Gasteiger partial charge in [0.25, 0.3) is 0 Å². The Morgan fingerprint density at radius 2 is 1.46 bits per heavy atom. The second kappa shape index (κ2) is 16.8. The highest BCUT2D eigenvalue weighted by atomic mass is 16.4. The highest BCUT2D eigenvalue weighted by molar-refractivity contribution is 5.94. The normalized spacial score (nSPS) is 15.4. The average Bonchev–Trinajstić information content (AvgIpc) is 2.77. The number of hydrogen-bond acceptors (Lipinski definition) is 7. The Morgan fingerprint density at radius 1 is 0.857 bits per heavy atom. The van der Waals surface area contributed by atoms with Gasteiger partial charge in [-0.05, 0) is 50.5 Å². The summed E-state index contributed by atoms with van der Waals surface area (Å²) in [6, 6.07) is -4.18. The fourth-order valence-corrected chi connectivity index (χ4v) is 3.42. The zero-order chi connectivity index (χ0) is 27.1. The van der Waals surface area contributed by atoms with Crippen molar-refractivity contribution in [3.05, 3.63) is 0 Å². The molecule has 0 aromatic rings. The van der Waals surface area contributed by atoms with Gasteiger partial charge in [0, 0.05) is 6.42 Å². The van der Waals surface area contributed by atoms with E-state index in [4.69, 9.17) is 17.2 Å². The lowest BCUT2D eigenvalue weighted by molar-refractivity contribution is -0.142. The average molecular weight is 501 g/mol. The minimum Gasteiger partial charge on any atom is -0.480 e. The third kappa shape index (κ3) is 13.1. The van der Waals surface area contributed by atoms with Crippen LogP contribution in [0, 0.1) is 11.8 Å². The monoisotopic (exact) mass is 500 g/mol. The number of carbonyl (C=O) groups excluding carboxylic acids is 4. The fraction of sp³-hybridized carbons (Fsp3) is 0.783. The maximum Gasteiger partial charge on any atom is 0.326 e. The summed E-state index contributed by atoms with van der Waals surface area (Å²) in [6.07, 6.45) is 1.90. The van der Waals surface area contributed by atoms with Crippen LogP contribution in [0.4, 0.5) is 0 Å². The predicted molar refractivity (Wildman–Crippen MR) is 132 cm³/mol. The Hall–Kier alpha value is -2.73. The number of primary amides is 1. The molecule has 10 N–H and O–H groups in total. The number of nitrogens with one attached hydrogen (secondary N) is 3. The van der Waals surface area contributed by atoms with E-state index in [1.807, 2.05) is 20.8 Å².